The number of fused-ring (bicyclic) bond motifs is 3. The van der Waals surface area contributed by atoms with E-state index in [0.29, 0.717) is 5.75 Å². The van der Waals surface area contributed by atoms with Crippen LogP contribution >= 0.6 is 0 Å². The van der Waals surface area contributed by atoms with Crippen molar-refractivity contribution >= 4 is 5.69 Å². The zero-order chi connectivity index (χ0) is 17.6. The van der Waals surface area contributed by atoms with Gasteiger partial charge in [-0.1, -0.05) is 30.3 Å². The molecular weight excluding hydrogens is 314 g/mol. The first-order valence-electron chi connectivity index (χ1n) is 8.27. The van der Waals surface area contributed by atoms with Crippen molar-refractivity contribution < 1.29 is 9.47 Å². The third-order valence-electron chi connectivity index (χ3n) is 4.66. The molecule has 5 nitrogen and oxygen atoms in total. The molecule has 0 aliphatic carbocycles. The molecule has 0 amide bonds. The average molecular weight is 335 g/mol. The minimum Gasteiger partial charge on any atom is -0.493 e. The normalized spacial score (nSPS) is 15.1. The van der Waals surface area contributed by atoms with Crippen LogP contribution in [0, 0.1) is 13.8 Å². The number of aryl methyl sites for hydroxylation is 2. The number of hydrogen-bond acceptors (Lipinski definition) is 4. The topological polar surface area (TPSA) is 48.3 Å². The van der Waals surface area contributed by atoms with E-state index in [1.165, 1.54) is 11.1 Å². The summed E-state index contributed by atoms with van der Waals surface area (Å²) < 4.78 is 13.1. The summed E-state index contributed by atoms with van der Waals surface area (Å²) in [6, 6.07) is 14.4. The Morgan fingerprint density at radius 3 is 2.60 bits per heavy atom. The van der Waals surface area contributed by atoms with Crippen molar-refractivity contribution in [3.8, 4) is 22.8 Å². The summed E-state index contributed by atoms with van der Waals surface area (Å²) in [4.78, 5) is 0. The van der Waals surface area contributed by atoms with E-state index >= 15 is 0 Å². The van der Waals surface area contributed by atoms with Crippen molar-refractivity contribution in [1.29, 1.82) is 0 Å². The molecule has 0 saturated heterocycles. The van der Waals surface area contributed by atoms with Gasteiger partial charge in [0.25, 0.3) is 0 Å². The molecule has 2 aromatic carbocycles. The highest BCUT2D eigenvalue weighted by Crippen LogP contribution is 2.43. The summed E-state index contributed by atoms with van der Waals surface area (Å²) in [6.45, 7) is 4.13. The summed E-state index contributed by atoms with van der Waals surface area (Å²) >= 11 is 0. The van der Waals surface area contributed by atoms with Crippen LogP contribution in [0.15, 0.2) is 42.5 Å². The monoisotopic (exact) mass is 335 g/mol. The van der Waals surface area contributed by atoms with Crippen LogP contribution in [0.1, 0.15) is 23.0 Å². The highest BCUT2D eigenvalue weighted by atomic mass is 16.5. The Kier molecular flexibility index (Phi) is 3.64. The van der Waals surface area contributed by atoms with E-state index in [1.54, 1.807) is 14.2 Å². The lowest BCUT2D eigenvalue weighted by Gasteiger charge is -2.31. The molecule has 0 radical (unpaired) electrons. The highest BCUT2D eigenvalue weighted by molar-refractivity contribution is 5.81. The fourth-order valence-corrected chi connectivity index (χ4v) is 3.52. The van der Waals surface area contributed by atoms with Crippen molar-refractivity contribution in [3.05, 3.63) is 59.3 Å². The third kappa shape index (κ3) is 2.35. The van der Waals surface area contributed by atoms with Crippen LogP contribution in [0.2, 0.25) is 0 Å². The van der Waals surface area contributed by atoms with Crippen LogP contribution in [-0.4, -0.2) is 24.0 Å². The first kappa shape index (κ1) is 15.6. The minimum absolute atomic E-state index is 0.164. The van der Waals surface area contributed by atoms with Gasteiger partial charge in [-0.25, -0.2) is 4.68 Å². The van der Waals surface area contributed by atoms with E-state index < -0.39 is 0 Å². The van der Waals surface area contributed by atoms with Gasteiger partial charge < -0.3 is 14.8 Å². The number of nitrogens with one attached hydrogen (secondary N) is 1. The maximum absolute atomic E-state index is 5.65. The summed E-state index contributed by atoms with van der Waals surface area (Å²) in [6.07, 6.45) is -0.164. The van der Waals surface area contributed by atoms with E-state index in [1.807, 2.05) is 29.8 Å². The van der Waals surface area contributed by atoms with E-state index in [0.717, 1.165) is 28.4 Å². The molecule has 0 saturated carbocycles. The van der Waals surface area contributed by atoms with Crippen molar-refractivity contribution in [2.75, 3.05) is 19.5 Å². The SMILES string of the molecule is COc1cccc([C@H]2Nc3c(C)cccc3-c3cc(C)nn32)c1OC. The summed E-state index contributed by atoms with van der Waals surface area (Å²) in [5.41, 5.74) is 6.57. The van der Waals surface area contributed by atoms with Gasteiger partial charge in [-0.15, -0.1) is 0 Å². The predicted molar refractivity (Wildman–Crippen MR) is 98.4 cm³/mol. The molecule has 3 aromatic rings. The molecule has 0 fully saturated rings. The number of para-hydroxylation sites is 2. The van der Waals surface area contributed by atoms with Gasteiger partial charge in [-0.3, -0.25) is 0 Å². The quantitative estimate of drug-likeness (QED) is 0.781. The summed E-state index contributed by atoms with van der Waals surface area (Å²) in [5.74, 6) is 1.43. The van der Waals surface area contributed by atoms with Gasteiger partial charge in [-0.2, -0.15) is 5.10 Å². The van der Waals surface area contributed by atoms with Gasteiger partial charge in [-0.05, 0) is 31.5 Å². The molecule has 0 spiro atoms. The Balaban J connectivity index is 1.95. The van der Waals surface area contributed by atoms with Crippen LogP contribution < -0.4 is 14.8 Å². The van der Waals surface area contributed by atoms with Crippen LogP contribution in [0.3, 0.4) is 0 Å². The van der Waals surface area contributed by atoms with Crippen LogP contribution in [-0.2, 0) is 0 Å². The Morgan fingerprint density at radius 2 is 1.84 bits per heavy atom. The van der Waals surface area contributed by atoms with E-state index in [4.69, 9.17) is 14.6 Å². The first-order valence-corrected chi connectivity index (χ1v) is 8.27. The van der Waals surface area contributed by atoms with Gasteiger partial charge >= 0.3 is 0 Å². The van der Waals surface area contributed by atoms with Gasteiger partial charge in [0, 0.05) is 16.8 Å². The molecule has 5 heteroatoms. The van der Waals surface area contributed by atoms with Crippen molar-refractivity contribution in [2.24, 2.45) is 0 Å². The second-order valence-corrected chi connectivity index (χ2v) is 6.24. The molecule has 1 aromatic heterocycles. The van der Waals surface area contributed by atoms with Gasteiger partial charge in [0.05, 0.1) is 25.6 Å². The van der Waals surface area contributed by atoms with E-state index in [2.05, 4.69) is 36.5 Å². The van der Waals surface area contributed by atoms with E-state index in [-0.39, 0.29) is 6.17 Å². The molecule has 0 bridgehead atoms. The highest BCUT2D eigenvalue weighted by Gasteiger charge is 2.30. The zero-order valence-electron chi connectivity index (χ0n) is 14.8. The van der Waals surface area contributed by atoms with Crippen LogP contribution in [0.5, 0.6) is 11.5 Å². The number of rotatable bonds is 3. The number of benzene rings is 2. The maximum atomic E-state index is 5.65. The number of ether oxygens (including phenoxy) is 2. The smallest absolute Gasteiger partial charge is 0.167 e. The lowest BCUT2D eigenvalue weighted by atomic mass is 10.00. The fraction of sp³-hybridized carbons (Fsp3) is 0.250. The Labute approximate surface area is 147 Å². The zero-order valence-corrected chi connectivity index (χ0v) is 14.8. The predicted octanol–water partition coefficient (Wildman–Crippen LogP) is 4.16. The first-order chi connectivity index (χ1) is 12.1. The number of hydrogen-bond donors (Lipinski definition) is 1. The number of aromatic nitrogens is 2. The third-order valence-corrected chi connectivity index (χ3v) is 4.66. The molecule has 4 rings (SSSR count). The maximum Gasteiger partial charge on any atom is 0.167 e. The lowest BCUT2D eigenvalue weighted by Crippen LogP contribution is -2.26. The molecular formula is C20H21N3O2. The fourth-order valence-electron chi connectivity index (χ4n) is 3.52. The molecule has 1 N–H and O–H groups in total. The molecule has 2 heterocycles. The van der Waals surface area contributed by atoms with Crippen LogP contribution in [0.4, 0.5) is 5.69 Å². The second-order valence-electron chi connectivity index (χ2n) is 6.24. The Hall–Kier alpha value is -2.95. The van der Waals surface area contributed by atoms with Crippen LogP contribution in [0.25, 0.3) is 11.3 Å². The number of nitrogens with zero attached hydrogens (tertiary/aromatic N) is 2. The summed E-state index contributed by atoms with van der Waals surface area (Å²) in [7, 11) is 3.32. The summed E-state index contributed by atoms with van der Waals surface area (Å²) in [5, 5.41) is 8.37. The standard InChI is InChI=1S/C20H21N3O2/c1-12-7-5-8-14-16-11-13(2)22-23(16)20(21-18(12)14)15-9-6-10-17(24-3)19(15)25-4/h5-11,20-21H,1-4H3/t20-/m0/s1. The van der Waals surface area contributed by atoms with Crippen molar-refractivity contribution in [2.45, 2.75) is 20.0 Å². The molecule has 1 aliphatic rings. The average Bonchev–Trinajstić information content (AvgIpc) is 3.02. The number of anilines is 1. The van der Waals surface area contributed by atoms with Gasteiger partial charge in [0.2, 0.25) is 0 Å². The molecule has 128 valence electrons. The molecule has 0 unspecified atom stereocenters. The largest absolute Gasteiger partial charge is 0.493 e. The van der Waals surface area contributed by atoms with E-state index in [9.17, 15) is 0 Å². The lowest BCUT2D eigenvalue weighted by molar-refractivity contribution is 0.347. The Morgan fingerprint density at radius 1 is 1.04 bits per heavy atom. The van der Waals surface area contributed by atoms with Crippen molar-refractivity contribution in [3.63, 3.8) is 0 Å². The van der Waals surface area contributed by atoms with Crippen molar-refractivity contribution in [1.82, 2.24) is 9.78 Å². The Bertz CT molecular complexity index is 946. The second kappa shape index (κ2) is 5.84. The van der Waals surface area contributed by atoms with Gasteiger partial charge in [0.15, 0.2) is 17.7 Å². The minimum atomic E-state index is -0.164. The molecule has 25 heavy (non-hydrogen) atoms. The van der Waals surface area contributed by atoms with Gasteiger partial charge in [0.1, 0.15) is 0 Å². The number of methoxy groups -OCH3 is 2. The molecule has 1 atom stereocenters. The molecule has 1 aliphatic heterocycles.